The standard InChI is InChI=1S/C11H18N4O3/c1-11(2,7-16)14(3)9-4-8(13-12)5-10(6-9)15(17)18/h4-6,13,16H,7,12H2,1-3H3. The largest absolute Gasteiger partial charge is 0.394 e. The van der Waals surface area contributed by atoms with Crippen molar-refractivity contribution in [2.75, 3.05) is 24.0 Å². The molecule has 7 nitrogen and oxygen atoms in total. The minimum atomic E-state index is -0.527. The lowest BCUT2D eigenvalue weighted by atomic mass is 10.0. The van der Waals surface area contributed by atoms with Gasteiger partial charge in [-0.3, -0.25) is 16.0 Å². The van der Waals surface area contributed by atoms with Crippen LogP contribution in [0.1, 0.15) is 13.8 Å². The summed E-state index contributed by atoms with van der Waals surface area (Å²) in [5.74, 6) is 5.29. The molecule has 0 aromatic heterocycles. The zero-order valence-electron chi connectivity index (χ0n) is 10.7. The lowest BCUT2D eigenvalue weighted by Crippen LogP contribution is -2.44. The molecule has 0 spiro atoms. The van der Waals surface area contributed by atoms with Crippen LogP contribution in [-0.2, 0) is 0 Å². The van der Waals surface area contributed by atoms with Gasteiger partial charge in [0.2, 0.25) is 0 Å². The van der Waals surface area contributed by atoms with E-state index < -0.39 is 10.5 Å². The number of nitrogen functional groups attached to an aromatic ring is 1. The van der Waals surface area contributed by atoms with Crippen LogP contribution in [0.5, 0.6) is 0 Å². The first-order valence-electron chi connectivity index (χ1n) is 5.42. The molecule has 18 heavy (non-hydrogen) atoms. The van der Waals surface area contributed by atoms with E-state index in [1.165, 1.54) is 12.1 Å². The van der Waals surface area contributed by atoms with Crippen LogP contribution < -0.4 is 16.2 Å². The van der Waals surface area contributed by atoms with Gasteiger partial charge in [0.25, 0.3) is 5.69 Å². The molecule has 7 heteroatoms. The summed E-state index contributed by atoms with van der Waals surface area (Å²) in [7, 11) is 1.76. The lowest BCUT2D eigenvalue weighted by Gasteiger charge is -2.35. The third-order valence-electron chi connectivity index (χ3n) is 2.96. The number of benzene rings is 1. The number of nitro benzene ring substituents is 1. The van der Waals surface area contributed by atoms with Gasteiger partial charge in [-0.2, -0.15) is 0 Å². The molecule has 1 aromatic rings. The fourth-order valence-corrected chi connectivity index (χ4v) is 1.43. The Kier molecular flexibility index (Phi) is 4.10. The molecule has 0 atom stereocenters. The van der Waals surface area contributed by atoms with Crippen LogP contribution in [0.4, 0.5) is 17.1 Å². The van der Waals surface area contributed by atoms with Crippen LogP contribution in [0, 0.1) is 10.1 Å². The summed E-state index contributed by atoms with van der Waals surface area (Å²) >= 11 is 0. The topological polar surface area (TPSA) is 105 Å². The molecule has 0 saturated heterocycles. The van der Waals surface area contributed by atoms with E-state index in [0.717, 1.165) is 0 Å². The van der Waals surface area contributed by atoms with Gasteiger partial charge in [0.05, 0.1) is 22.8 Å². The summed E-state index contributed by atoms with van der Waals surface area (Å²) in [6.45, 7) is 3.60. The Balaban J connectivity index is 3.23. The fourth-order valence-electron chi connectivity index (χ4n) is 1.43. The lowest BCUT2D eigenvalue weighted by molar-refractivity contribution is -0.384. The van der Waals surface area contributed by atoms with Crippen LogP contribution in [0.2, 0.25) is 0 Å². The van der Waals surface area contributed by atoms with Gasteiger partial charge in [-0.1, -0.05) is 0 Å². The molecule has 0 fully saturated rings. The molecule has 0 radical (unpaired) electrons. The van der Waals surface area contributed by atoms with Gasteiger partial charge in [-0.25, -0.2) is 0 Å². The summed E-state index contributed by atoms with van der Waals surface area (Å²) in [6.07, 6.45) is 0. The van der Waals surface area contributed by atoms with Crippen molar-refractivity contribution in [3.05, 3.63) is 28.3 Å². The number of rotatable bonds is 5. The number of nitrogens with one attached hydrogen (secondary N) is 1. The van der Waals surface area contributed by atoms with Crippen molar-refractivity contribution < 1.29 is 10.0 Å². The van der Waals surface area contributed by atoms with Gasteiger partial charge in [0.15, 0.2) is 0 Å². The fraction of sp³-hybridized carbons (Fsp3) is 0.455. The van der Waals surface area contributed by atoms with Gasteiger partial charge < -0.3 is 15.4 Å². The van der Waals surface area contributed by atoms with E-state index in [9.17, 15) is 15.2 Å². The van der Waals surface area contributed by atoms with Crippen molar-refractivity contribution in [1.82, 2.24) is 0 Å². The Bertz CT molecular complexity index is 448. The van der Waals surface area contributed by atoms with Crippen molar-refractivity contribution in [3.63, 3.8) is 0 Å². The summed E-state index contributed by atoms with van der Waals surface area (Å²) in [5.41, 5.74) is 2.86. The van der Waals surface area contributed by atoms with Crippen LogP contribution in [0.3, 0.4) is 0 Å². The van der Waals surface area contributed by atoms with Crippen LogP contribution in [0.15, 0.2) is 18.2 Å². The van der Waals surface area contributed by atoms with Gasteiger partial charge in [0, 0.05) is 24.9 Å². The molecule has 1 aromatic carbocycles. The summed E-state index contributed by atoms with van der Waals surface area (Å²) < 4.78 is 0. The smallest absolute Gasteiger partial charge is 0.273 e. The number of hydrazine groups is 1. The molecule has 100 valence electrons. The first kappa shape index (κ1) is 14.2. The number of anilines is 2. The maximum absolute atomic E-state index is 10.8. The molecule has 0 aliphatic heterocycles. The Labute approximate surface area is 105 Å². The minimum Gasteiger partial charge on any atom is -0.394 e. The summed E-state index contributed by atoms with van der Waals surface area (Å²) in [6, 6.07) is 4.48. The van der Waals surface area contributed by atoms with E-state index in [4.69, 9.17) is 5.84 Å². The third-order valence-corrected chi connectivity index (χ3v) is 2.96. The molecule has 0 aliphatic rings. The van der Waals surface area contributed by atoms with E-state index in [0.29, 0.717) is 11.4 Å². The molecular formula is C11H18N4O3. The maximum atomic E-state index is 10.8. The molecule has 0 aliphatic carbocycles. The highest BCUT2D eigenvalue weighted by Crippen LogP contribution is 2.29. The van der Waals surface area contributed by atoms with Gasteiger partial charge >= 0.3 is 0 Å². The van der Waals surface area contributed by atoms with Crippen molar-refractivity contribution in [1.29, 1.82) is 0 Å². The summed E-state index contributed by atoms with van der Waals surface area (Å²) in [5, 5.41) is 20.1. The number of hydrogen-bond acceptors (Lipinski definition) is 6. The molecule has 0 heterocycles. The highest BCUT2D eigenvalue weighted by atomic mass is 16.6. The highest BCUT2D eigenvalue weighted by molar-refractivity contribution is 5.64. The molecule has 0 bridgehead atoms. The van der Waals surface area contributed by atoms with Crippen LogP contribution in [-0.4, -0.2) is 29.2 Å². The predicted octanol–water partition coefficient (Wildman–Crippen LogP) is 1.09. The molecule has 4 N–H and O–H groups in total. The number of nitro groups is 1. The summed E-state index contributed by atoms with van der Waals surface area (Å²) in [4.78, 5) is 12.1. The molecule has 1 rings (SSSR count). The number of nitrogens with two attached hydrogens (primary N) is 1. The van der Waals surface area contributed by atoms with E-state index >= 15 is 0 Å². The average molecular weight is 254 g/mol. The molecule has 0 saturated carbocycles. The van der Waals surface area contributed by atoms with E-state index in [-0.39, 0.29) is 12.3 Å². The minimum absolute atomic E-state index is 0.0546. The van der Waals surface area contributed by atoms with Crippen molar-refractivity contribution >= 4 is 17.1 Å². The average Bonchev–Trinajstić information content (AvgIpc) is 2.36. The van der Waals surface area contributed by atoms with E-state index in [2.05, 4.69) is 5.43 Å². The van der Waals surface area contributed by atoms with E-state index in [1.807, 2.05) is 13.8 Å². The SMILES string of the molecule is CN(c1cc(NN)cc([N+](=O)[O-])c1)C(C)(C)CO. The van der Waals surface area contributed by atoms with Gasteiger partial charge in [0.1, 0.15) is 0 Å². The Morgan fingerprint density at radius 3 is 2.56 bits per heavy atom. The zero-order chi connectivity index (χ0) is 13.9. The quantitative estimate of drug-likeness (QED) is 0.412. The first-order chi connectivity index (χ1) is 8.31. The number of aliphatic hydroxyl groups is 1. The number of hydrogen-bond donors (Lipinski definition) is 3. The Hall–Kier alpha value is -1.86. The maximum Gasteiger partial charge on any atom is 0.273 e. The van der Waals surface area contributed by atoms with Gasteiger partial charge in [-0.15, -0.1) is 0 Å². The normalized spacial score (nSPS) is 11.2. The zero-order valence-corrected chi connectivity index (χ0v) is 10.7. The van der Waals surface area contributed by atoms with Crippen molar-refractivity contribution in [2.45, 2.75) is 19.4 Å². The number of likely N-dealkylation sites (N-methyl/N-ethyl adjacent to an activating group) is 1. The first-order valence-corrected chi connectivity index (χ1v) is 5.42. The Morgan fingerprint density at radius 1 is 1.50 bits per heavy atom. The molecule has 0 unspecified atom stereocenters. The predicted molar refractivity (Wildman–Crippen MR) is 70.5 cm³/mol. The molecule has 0 amide bonds. The van der Waals surface area contributed by atoms with Gasteiger partial charge in [-0.05, 0) is 19.9 Å². The molecular weight excluding hydrogens is 236 g/mol. The van der Waals surface area contributed by atoms with Crippen molar-refractivity contribution in [3.8, 4) is 0 Å². The monoisotopic (exact) mass is 254 g/mol. The second-order valence-electron chi connectivity index (χ2n) is 4.67. The Morgan fingerprint density at radius 2 is 2.11 bits per heavy atom. The number of aliphatic hydroxyl groups excluding tert-OH is 1. The van der Waals surface area contributed by atoms with E-state index in [1.54, 1.807) is 18.0 Å². The van der Waals surface area contributed by atoms with Crippen LogP contribution >= 0.6 is 0 Å². The highest BCUT2D eigenvalue weighted by Gasteiger charge is 2.24. The number of nitrogens with zero attached hydrogens (tertiary/aromatic N) is 2. The number of non-ortho nitro benzene ring substituents is 1. The van der Waals surface area contributed by atoms with Crippen molar-refractivity contribution in [2.24, 2.45) is 5.84 Å². The second-order valence-corrected chi connectivity index (χ2v) is 4.67. The third kappa shape index (κ3) is 2.88. The van der Waals surface area contributed by atoms with Crippen LogP contribution in [0.25, 0.3) is 0 Å². The second kappa shape index (κ2) is 5.19.